The van der Waals surface area contributed by atoms with Crippen LogP contribution in [0.25, 0.3) is 11.1 Å². The van der Waals surface area contributed by atoms with E-state index in [0.29, 0.717) is 39.9 Å². The Balaban J connectivity index is 1.45. The number of carbonyl (C=O) groups excluding carboxylic acids is 2. The van der Waals surface area contributed by atoms with Gasteiger partial charge in [-0.15, -0.1) is 0 Å². The monoisotopic (exact) mass is 550 g/mol. The van der Waals surface area contributed by atoms with Gasteiger partial charge in [-0.05, 0) is 50.7 Å². The van der Waals surface area contributed by atoms with Crippen LogP contribution in [0.1, 0.15) is 91.6 Å². The smallest absolute Gasteiger partial charge is 0.257 e. The molecule has 0 unspecified atom stereocenters. The molecule has 3 heterocycles. The average molecular weight is 551 g/mol. The molecule has 2 fully saturated rings. The van der Waals surface area contributed by atoms with E-state index >= 15 is 4.39 Å². The maximum atomic E-state index is 15.2. The van der Waals surface area contributed by atoms with Crippen LogP contribution in [-0.2, 0) is 4.79 Å². The number of carbonyl (C=O) groups is 2. The lowest BCUT2D eigenvalue weighted by molar-refractivity contribution is -0.121. The van der Waals surface area contributed by atoms with Crippen molar-refractivity contribution in [1.29, 1.82) is 0 Å². The first-order valence-corrected chi connectivity index (χ1v) is 14.5. The van der Waals surface area contributed by atoms with Gasteiger partial charge in [0.05, 0.1) is 11.4 Å². The van der Waals surface area contributed by atoms with Gasteiger partial charge >= 0.3 is 0 Å². The molecule has 3 N–H and O–H groups in total. The number of rotatable bonds is 8. The highest BCUT2D eigenvalue weighted by Crippen LogP contribution is 2.42. The zero-order valence-electron chi connectivity index (χ0n) is 23.6. The minimum atomic E-state index is -0.795. The standard InChI is InChI=1S/C30H39FN6O3/c1-17-23(16-40-37-17)29(38)34-27(26(20-10-6-4-7-11-20)21-12-8-5-9-13-21)30(39)33-24-15-14-22(28(31)32-24)25-18(2)35-36-19(25)3/h14-16,20-21,26-27H,4-13H2,1-3H3,(H,34,38)(H,35,36)(H,32,33,39)/t27-/m0/s1. The first kappa shape index (κ1) is 28.0. The van der Waals surface area contributed by atoms with E-state index in [1.807, 2.05) is 6.92 Å². The number of aryl methyl sites for hydroxylation is 3. The Labute approximate surface area is 234 Å². The lowest BCUT2D eigenvalue weighted by atomic mass is 9.66. The Kier molecular flexibility index (Phi) is 8.61. The van der Waals surface area contributed by atoms with E-state index in [2.05, 4.69) is 31.0 Å². The van der Waals surface area contributed by atoms with Crippen LogP contribution in [0, 0.1) is 44.5 Å². The molecule has 40 heavy (non-hydrogen) atoms. The van der Waals surface area contributed by atoms with E-state index in [0.717, 1.165) is 57.1 Å². The molecule has 1 atom stereocenters. The molecule has 2 aliphatic carbocycles. The lowest BCUT2D eigenvalue weighted by Crippen LogP contribution is -2.53. The fourth-order valence-electron chi connectivity index (χ4n) is 6.88. The van der Waals surface area contributed by atoms with Gasteiger partial charge in [-0.3, -0.25) is 14.7 Å². The highest BCUT2D eigenvalue weighted by molar-refractivity contribution is 6.01. The molecule has 0 aliphatic heterocycles. The van der Waals surface area contributed by atoms with Crippen LogP contribution >= 0.6 is 0 Å². The number of nitrogens with zero attached hydrogens (tertiary/aromatic N) is 3. The first-order chi connectivity index (χ1) is 19.3. The van der Waals surface area contributed by atoms with E-state index in [1.165, 1.54) is 19.1 Å². The highest BCUT2D eigenvalue weighted by Gasteiger charge is 2.41. The molecule has 0 bridgehead atoms. The molecule has 0 radical (unpaired) electrons. The number of halogens is 1. The minimum absolute atomic E-state index is 0.0231. The van der Waals surface area contributed by atoms with Crippen LogP contribution in [0.2, 0.25) is 0 Å². The van der Waals surface area contributed by atoms with Gasteiger partial charge < -0.3 is 15.2 Å². The maximum absolute atomic E-state index is 15.2. The van der Waals surface area contributed by atoms with Crippen LogP contribution in [0.3, 0.4) is 0 Å². The van der Waals surface area contributed by atoms with Gasteiger partial charge in [0.25, 0.3) is 5.91 Å². The largest absolute Gasteiger partial charge is 0.364 e. The summed E-state index contributed by atoms with van der Waals surface area (Å²) in [6, 6.07) is 2.41. The molecule has 2 saturated carbocycles. The van der Waals surface area contributed by atoms with Gasteiger partial charge in [0.15, 0.2) is 0 Å². The number of aromatic nitrogens is 4. The number of hydrogen-bond acceptors (Lipinski definition) is 6. The Bertz CT molecular complexity index is 1300. The molecule has 0 aromatic carbocycles. The van der Waals surface area contributed by atoms with Crippen molar-refractivity contribution in [3.63, 3.8) is 0 Å². The van der Waals surface area contributed by atoms with Crippen LogP contribution < -0.4 is 10.6 Å². The van der Waals surface area contributed by atoms with E-state index < -0.39 is 17.9 Å². The Morgan fingerprint density at radius 2 is 1.62 bits per heavy atom. The Hall–Kier alpha value is -3.56. The molecular weight excluding hydrogens is 511 g/mol. The number of nitrogens with one attached hydrogen (secondary N) is 3. The van der Waals surface area contributed by atoms with Gasteiger partial charge in [-0.2, -0.15) is 9.49 Å². The fourth-order valence-corrected chi connectivity index (χ4v) is 6.88. The SMILES string of the molecule is Cc1nocc1C(=O)N[C@H](C(=O)Nc1ccc(-c2c(C)n[nH]c2C)c(F)n1)C(C1CCCCC1)C1CCCCC1. The van der Waals surface area contributed by atoms with E-state index in [4.69, 9.17) is 4.52 Å². The predicted molar refractivity (Wildman–Crippen MR) is 149 cm³/mol. The molecule has 0 saturated heterocycles. The summed E-state index contributed by atoms with van der Waals surface area (Å²) in [6.07, 6.45) is 12.4. The fraction of sp³-hybridized carbons (Fsp3) is 0.567. The normalized spacial score (nSPS) is 17.6. The summed E-state index contributed by atoms with van der Waals surface area (Å²) >= 11 is 0. The Morgan fingerprint density at radius 3 is 2.15 bits per heavy atom. The van der Waals surface area contributed by atoms with Crippen molar-refractivity contribution in [2.75, 3.05) is 5.32 Å². The second-order valence-corrected chi connectivity index (χ2v) is 11.5. The zero-order chi connectivity index (χ0) is 28.2. The van der Waals surface area contributed by atoms with Crippen LogP contribution in [-0.4, -0.2) is 38.2 Å². The molecule has 9 nitrogen and oxygen atoms in total. The van der Waals surface area contributed by atoms with Crippen LogP contribution in [0.5, 0.6) is 0 Å². The van der Waals surface area contributed by atoms with Crippen LogP contribution in [0.15, 0.2) is 22.9 Å². The molecule has 3 aromatic heterocycles. The summed E-state index contributed by atoms with van der Waals surface area (Å²) in [6.45, 7) is 5.33. The average Bonchev–Trinajstić information content (AvgIpc) is 3.54. The molecule has 5 rings (SSSR count). The van der Waals surface area contributed by atoms with E-state index in [1.54, 1.807) is 26.0 Å². The number of hydrogen-bond donors (Lipinski definition) is 3. The van der Waals surface area contributed by atoms with Crippen molar-refractivity contribution in [3.8, 4) is 11.1 Å². The van der Waals surface area contributed by atoms with E-state index in [9.17, 15) is 9.59 Å². The molecule has 3 aromatic rings. The second-order valence-electron chi connectivity index (χ2n) is 11.5. The van der Waals surface area contributed by atoms with Crippen LogP contribution in [0.4, 0.5) is 10.2 Å². The number of H-pyrrole nitrogens is 1. The third-order valence-corrected chi connectivity index (χ3v) is 8.83. The molecule has 2 aliphatic rings. The van der Waals surface area contributed by atoms with Gasteiger partial charge in [0, 0.05) is 16.8 Å². The van der Waals surface area contributed by atoms with Crippen molar-refractivity contribution in [3.05, 3.63) is 47.0 Å². The summed E-state index contributed by atoms with van der Waals surface area (Å²) < 4.78 is 20.2. The van der Waals surface area contributed by atoms with Gasteiger partial charge in [-0.25, -0.2) is 4.98 Å². The summed E-state index contributed by atoms with van der Waals surface area (Å²) in [5.41, 5.74) is 3.16. The third-order valence-electron chi connectivity index (χ3n) is 8.83. The number of amides is 2. The summed E-state index contributed by atoms with van der Waals surface area (Å²) in [4.78, 5) is 31.5. The van der Waals surface area contributed by atoms with Gasteiger partial charge in [0.2, 0.25) is 11.9 Å². The summed E-state index contributed by atoms with van der Waals surface area (Å²) in [5.74, 6) is -0.718. The zero-order valence-corrected chi connectivity index (χ0v) is 23.6. The molecular formula is C30H39FN6O3. The number of aromatic amines is 1. The van der Waals surface area contributed by atoms with Crippen molar-refractivity contribution in [2.24, 2.45) is 17.8 Å². The summed E-state index contributed by atoms with van der Waals surface area (Å²) in [7, 11) is 0. The minimum Gasteiger partial charge on any atom is -0.364 e. The lowest BCUT2D eigenvalue weighted by Gasteiger charge is -2.41. The molecule has 214 valence electrons. The number of pyridine rings is 1. The van der Waals surface area contributed by atoms with E-state index in [-0.39, 0.29) is 17.6 Å². The molecule has 10 heteroatoms. The van der Waals surface area contributed by atoms with Crippen molar-refractivity contribution < 1.29 is 18.5 Å². The first-order valence-electron chi connectivity index (χ1n) is 14.5. The van der Waals surface area contributed by atoms with Crippen molar-refractivity contribution >= 4 is 17.6 Å². The molecule has 2 amide bonds. The third kappa shape index (κ3) is 5.95. The van der Waals surface area contributed by atoms with Gasteiger partial charge in [0.1, 0.15) is 23.7 Å². The number of anilines is 1. The van der Waals surface area contributed by atoms with Gasteiger partial charge in [-0.1, -0.05) is 69.4 Å². The van der Waals surface area contributed by atoms with Crippen molar-refractivity contribution in [2.45, 2.75) is 91.0 Å². The topological polar surface area (TPSA) is 126 Å². The second kappa shape index (κ2) is 12.3. The highest BCUT2D eigenvalue weighted by atomic mass is 19.1. The maximum Gasteiger partial charge on any atom is 0.257 e. The predicted octanol–water partition coefficient (Wildman–Crippen LogP) is 6.04. The summed E-state index contributed by atoms with van der Waals surface area (Å²) in [5, 5.41) is 16.8. The quantitative estimate of drug-likeness (QED) is 0.294. The van der Waals surface area contributed by atoms with Crippen molar-refractivity contribution in [1.82, 2.24) is 25.7 Å². The Morgan fingerprint density at radius 1 is 0.975 bits per heavy atom. The molecule has 0 spiro atoms.